The van der Waals surface area contributed by atoms with Gasteiger partial charge in [0, 0.05) is 32.6 Å². The monoisotopic (exact) mass is 424 g/mol. The van der Waals surface area contributed by atoms with E-state index in [1.54, 1.807) is 0 Å². The minimum Gasteiger partial charge on any atom is -0.370 e. The molecule has 22 heavy (non-hydrogen) atoms. The largest absolute Gasteiger partial charge is 0.370 e. The molecule has 1 aliphatic rings. The van der Waals surface area contributed by atoms with E-state index in [4.69, 9.17) is 5.73 Å². The number of hydrogen-bond donors (Lipinski definition) is 2. The number of likely N-dealkylation sites (tertiary alicyclic amines) is 1. The van der Waals surface area contributed by atoms with Crippen molar-refractivity contribution in [3.8, 4) is 0 Å². The zero-order chi connectivity index (χ0) is 15.3. The van der Waals surface area contributed by atoms with Crippen LogP contribution in [0.5, 0.6) is 0 Å². The SMILES string of the molecule is CCCCCCNC(N)=NCCCN1CCCCCC1=O.I. The van der Waals surface area contributed by atoms with Gasteiger partial charge in [-0.15, -0.1) is 24.0 Å². The van der Waals surface area contributed by atoms with Crippen LogP contribution >= 0.6 is 24.0 Å². The van der Waals surface area contributed by atoms with Crippen molar-refractivity contribution in [1.29, 1.82) is 0 Å². The lowest BCUT2D eigenvalue weighted by Crippen LogP contribution is -2.33. The number of carbonyl (C=O) groups excluding carboxylic acids is 1. The second-order valence-electron chi connectivity index (χ2n) is 5.80. The first-order chi connectivity index (χ1) is 10.2. The first-order valence-electron chi connectivity index (χ1n) is 8.55. The lowest BCUT2D eigenvalue weighted by atomic mass is 10.2. The van der Waals surface area contributed by atoms with Crippen LogP contribution in [0.1, 0.15) is 64.7 Å². The van der Waals surface area contributed by atoms with Crippen LogP contribution in [-0.4, -0.2) is 42.9 Å². The second kappa shape index (κ2) is 14.1. The van der Waals surface area contributed by atoms with Crippen LogP contribution in [0.25, 0.3) is 0 Å². The van der Waals surface area contributed by atoms with Crippen molar-refractivity contribution in [2.75, 3.05) is 26.2 Å². The summed E-state index contributed by atoms with van der Waals surface area (Å²) in [6.45, 7) is 5.52. The van der Waals surface area contributed by atoms with Gasteiger partial charge in [0.25, 0.3) is 0 Å². The number of halogens is 1. The molecule has 1 heterocycles. The highest BCUT2D eigenvalue weighted by molar-refractivity contribution is 14.0. The van der Waals surface area contributed by atoms with E-state index in [0.717, 1.165) is 45.3 Å². The number of nitrogens with zero attached hydrogens (tertiary/aromatic N) is 2. The van der Waals surface area contributed by atoms with Gasteiger partial charge < -0.3 is 16.0 Å². The minimum absolute atomic E-state index is 0. The fourth-order valence-corrected chi connectivity index (χ4v) is 2.56. The Labute approximate surface area is 152 Å². The Morgan fingerprint density at radius 1 is 1.23 bits per heavy atom. The minimum atomic E-state index is 0. The van der Waals surface area contributed by atoms with Gasteiger partial charge in [0.2, 0.25) is 5.91 Å². The van der Waals surface area contributed by atoms with Gasteiger partial charge >= 0.3 is 0 Å². The molecule has 0 aromatic rings. The maximum atomic E-state index is 11.8. The van der Waals surface area contributed by atoms with E-state index in [9.17, 15) is 4.79 Å². The predicted molar refractivity (Wildman–Crippen MR) is 104 cm³/mol. The third kappa shape index (κ3) is 10.2. The highest BCUT2D eigenvalue weighted by Crippen LogP contribution is 2.11. The molecule has 0 aromatic heterocycles. The van der Waals surface area contributed by atoms with Crippen molar-refractivity contribution in [2.45, 2.75) is 64.7 Å². The number of hydrogen-bond acceptors (Lipinski definition) is 2. The van der Waals surface area contributed by atoms with E-state index >= 15 is 0 Å². The summed E-state index contributed by atoms with van der Waals surface area (Å²) in [4.78, 5) is 18.1. The maximum Gasteiger partial charge on any atom is 0.222 e. The molecule has 6 heteroatoms. The Bertz CT molecular complexity index is 323. The van der Waals surface area contributed by atoms with Gasteiger partial charge in [-0.25, -0.2) is 0 Å². The summed E-state index contributed by atoms with van der Waals surface area (Å²) in [7, 11) is 0. The molecule has 130 valence electrons. The number of nitrogens with one attached hydrogen (secondary N) is 1. The van der Waals surface area contributed by atoms with Crippen LogP contribution in [0.3, 0.4) is 0 Å². The molecule has 1 amide bonds. The van der Waals surface area contributed by atoms with Crippen LogP contribution in [0.2, 0.25) is 0 Å². The van der Waals surface area contributed by atoms with Crippen molar-refractivity contribution in [1.82, 2.24) is 10.2 Å². The fourth-order valence-electron chi connectivity index (χ4n) is 2.56. The molecule has 1 saturated heterocycles. The number of nitrogens with two attached hydrogens (primary N) is 1. The molecule has 0 unspecified atom stereocenters. The molecule has 0 spiro atoms. The molecule has 0 aromatic carbocycles. The molecule has 0 bridgehead atoms. The lowest BCUT2D eigenvalue weighted by molar-refractivity contribution is -0.130. The molecule has 0 aliphatic carbocycles. The number of amides is 1. The summed E-state index contributed by atoms with van der Waals surface area (Å²) < 4.78 is 0. The second-order valence-corrected chi connectivity index (χ2v) is 5.80. The number of carbonyl (C=O) groups is 1. The topological polar surface area (TPSA) is 70.7 Å². The summed E-state index contributed by atoms with van der Waals surface area (Å²) in [5.41, 5.74) is 5.82. The molecule has 3 N–H and O–H groups in total. The predicted octanol–water partition coefficient (Wildman–Crippen LogP) is 2.88. The molecular weight excluding hydrogens is 391 g/mol. The van der Waals surface area contributed by atoms with Crippen molar-refractivity contribution in [3.05, 3.63) is 0 Å². The number of unbranched alkanes of at least 4 members (excludes halogenated alkanes) is 3. The van der Waals surface area contributed by atoms with E-state index in [0.29, 0.717) is 24.8 Å². The Kier molecular flexibility index (Phi) is 13.7. The van der Waals surface area contributed by atoms with Gasteiger partial charge in [0.15, 0.2) is 5.96 Å². The van der Waals surface area contributed by atoms with Crippen molar-refractivity contribution in [3.63, 3.8) is 0 Å². The van der Waals surface area contributed by atoms with Gasteiger partial charge in [-0.3, -0.25) is 9.79 Å². The zero-order valence-corrected chi connectivity index (χ0v) is 16.3. The summed E-state index contributed by atoms with van der Waals surface area (Å²) >= 11 is 0. The molecular formula is C16H33IN4O. The molecule has 1 rings (SSSR count). The quantitative estimate of drug-likeness (QED) is 0.259. The Morgan fingerprint density at radius 3 is 2.82 bits per heavy atom. The first-order valence-corrected chi connectivity index (χ1v) is 8.55. The average molecular weight is 424 g/mol. The van der Waals surface area contributed by atoms with Crippen LogP contribution in [-0.2, 0) is 4.79 Å². The van der Waals surface area contributed by atoms with Crippen LogP contribution in [0, 0.1) is 0 Å². The van der Waals surface area contributed by atoms with Gasteiger partial charge in [-0.2, -0.15) is 0 Å². The summed E-state index contributed by atoms with van der Waals surface area (Å²) in [6.07, 6.45) is 9.88. The lowest BCUT2D eigenvalue weighted by Gasteiger charge is -2.19. The van der Waals surface area contributed by atoms with E-state index < -0.39 is 0 Å². The molecule has 1 fully saturated rings. The Hall–Kier alpha value is -0.530. The Morgan fingerprint density at radius 2 is 2.05 bits per heavy atom. The van der Waals surface area contributed by atoms with Crippen LogP contribution < -0.4 is 11.1 Å². The van der Waals surface area contributed by atoms with Gasteiger partial charge in [-0.1, -0.05) is 32.6 Å². The van der Waals surface area contributed by atoms with Gasteiger partial charge in [-0.05, 0) is 25.7 Å². The van der Waals surface area contributed by atoms with Gasteiger partial charge in [0.1, 0.15) is 0 Å². The van der Waals surface area contributed by atoms with Crippen LogP contribution in [0.4, 0.5) is 0 Å². The molecule has 0 atom stereocenters. The highest BCUT2D eigenvalue weighted by Gasteiger charge is 2.15. The first kappa shape index (κ1) is 21.5. The standard InChI is InChI=1S/C16H32N4O.HI/c1-2-3-4-7-11-18-16(17)19-12-9-14-20-13-8-5-6-10-15(20)21;/h2-14H2,1H3,(H3,17,18,19);1H. The molecule has 0 saturated carbocycles. The highest BCUT2D eigenvalue weighted by atomic mass is 127. The maximum absolute atomic E-state index is 11.8. The van der Waals surface area contributed by atoms with Crippen molar-refractivity contribution >= 4 is 35.8 Å². The van der Waals surface area contributed by atoms with E-state index in [2.05, 4.69) is 17.2 Å². The van der Waals surface area contributed by atoms with Crippen molar-refractivity contribution in [2.24, 2.45) is 10.7 Å². The number of rotatable bonds is 9. The fraction of sp³-hybridized carbons (Fsp3) is 0.875. The van der Waals surface area contributed by atoms with E-state index in [1.807, 2.05) is 4.90 Å². The Balaban J connectivity index is 0.00000441. The normalized spacial score (nSPS) is 16.1. The van der Waals surface area contributed by atoms with Crippen LogP contribution in [0.15, 0.2) is 4.99 Å². The van der Waals surface area contributed by atoms with Crippen molar-refractivity contribution < 1.29 is 4.79 Å². The van der Waals surface area contributed by atoms with E-state index in [1.165, 1.54) is 25.7 Å². The summed E-state index contributed by atoms with van der Waals surface area (Å²) in [6, 6.07) is 0. The third-order valence-electron chi connectivity index (χ3n) is 3.88. The summed E-state index contributed by atoms with van der Waals surface area (Å²) in [5.74, 6) is 0.840. The summed E-state index contributed by atoms with van der Waals surface area (Å²) in [5, 5.41) is 3.15. The third-order valence-corrected chi connectivity index (χ3v) is 3.88. The zero-order valence-electron chi connectivity index (χ0n) is 14.0. The number of aliphatic imine (C=N–C) groups is 1. The average Bonchev–Trinajstić information content (AvgIpc) is 2.68. The smallest absolute Gasteiger partial charge is 0.222 e. The molecule has 0 radical (unpaired) electrons. The number of guanidine groups is 1. The molecule has 5 nitrogen and oxygen atoms in total. The van der Waals surface area contributed by atoms with Gasteiger partial charge in [0.05, 0.1) is 0 Å². The molecule has 1 aliphatic heterocycles. The van der Waals surface area contributed by atoms with E-state index in [-0.39, 0.29) is 24.0 Å².